The van der Waals surface area contributed by atoms with Gasteiger partial charge in [0.1, 0.15) is 5.82 Å². The van der Waals surface area contributed by atoms with Gasteiger partial charge in [-0.15, -0.1) is 0 Å². The lowest BCUT2D eigenvalue weighted by atomic mass is 10.0. The summed E-state index contributed by atoms with van der Waals surface area (Å²) in [5.74, 6) is -1.20. The summed E-state index contributed by atoms with van der Waals surface area (Å²) >= 11 is 6.07. The molecule has 4 amide bonds. The molecule has 0 radical (unpaired) electrons. The van der Waals surface area contributed by atoms with Crippen LogP contribution in [0.5, 0.6) is 0 Å². The van der Waals surface area contributed by atoms with E-state index in [4.69, 9.17) is 27.2 Å². The second-order valence-electron chi connectivity index (χ2n) is 12.6. The Morgan fingerprint density at radius 1 is 1.02 bits per heavy atom. The number of hydrogen-bond donors (Lipinski definition) is 3. The molecule has 0 spiro atoms. The lowest BCUT2D eigenvalue weighted by Crippen LogP contribution is -2.54. The average molecular weight is 730 g/mol. The first-order valence-corrected chi connectivity index (χ1v) is 16.7. The zero-order valence-electron chi connectivity index (χ0n) is 27.2. The number of nitrogen functional groups attached to an aromatic ring is 1. The van der Waals surface area contributed by atoms with Gasteiger partial charge in [0.15, 0.2) is 6.10 Å². The number of piperazine rings is 1. The predicted molar refractivity (Wildman–Crippen MR) is 180 cm³/mol. The number of fused-ring (bicyclic) bond motifs is 1. The highest BCUT2D eigenvalue weighted by molar-refractivity contribution is 6.33. The zero-order valence-corrected chi connectivity index (χ0v) is 28.0. The number of hydrogen-bond acceptors (Lipinski definition) is 8. The lowest BCUT2D eigenvalue weighted by molar-refractivity contribution is -0.141. The van der Waals surface area contributed by atoms with Gasteiger partial charge in [-0.1, -0.05) is 29.8 Å². The first-order chi connectivity index (χ1) is 24.3. The van der Waals surface area contributed by atoms with Crippen molar-refractivity contribution in [3.8, 4) is 0 Å². The maximum atomic E-state index is 13.9. The molecular weight excluding hydrogens is 695 g/mol. The van der Waals surface area contributed by atoms with Crippen LogP contribution in [0.1, 0.15) is 39.9 Å². The van der Waals surface area contributed by atoms with Gasteiger partial charge < -0.3 is 40.5 Å². The third kappa shape index (κ3) is 7.90. The Morgan fingerprint density at radius 3 is 2.37 bits per heavy atom. The number of benzene rings is 2. The van der Waals surface area contributed by atoms with Crippen molar-refractivity contribution in [2.75, 3.05) is 55.2 Å². The van der Waals surface area contributed by atoms with E-state index in [-0.39, 0.29) is 54.4 Å². The van der Waals surface area contributed by atoms with Crippen molar-refractivity contribution < 1.29 is 42.2 Å². The molecule has 17 heteroatoms. The Balaban J connectivity index is 1.14. The minimum absolute atomic E-state index is 0.00383. The molecule has 0 aliphatic carbocycles. The predicted octanol–water partition coefficient (Wildman–Crippen LogP) is 4.94. The van der Waals surface area contributed by atoms with Crippen LogP contribution >= 0.6 is 11.6 Å². The molecule has 1 aromatic heterocycles. The molecule has 51 heavy (non-hydrogen) atoms. The standard InChI is InChI=1S/C34H35ClF3N7O6/c35-25-16-20(15-24(29(25)39)34(36,37)38)17-27(30(46)43-13-11-42(12-14-43)28-6-5-21(18-40-28)31(47)48)51-33(50)44-9-7-23(8-10-44)45-19-22-3-1-2-4-26(22)41-32(45)49/h1-6,15-16,18,23,27H,7-14,17,19,39H2,(H,41,49)(H,47,48)/t27-/m1/s1. The van der Waals surface area contributed by atoms with Gasteiger partial charge in [0, 0.05) is 70.2 Å². The van der Waals surface area contributed by atoms with Crippen LogP contribution in [-0.4, -0.2) is 100 Å². The monoisotopic (exact) mass is 729 g/mol. The first-order valence-electron chi connectivity index (χ1n) is 16.3. The number of aromatic carboxylic acids is 1. The number of aromatic nitrogens is 1. The normalized spacial score (nSPS) is 17.5. The number of carboxylic acid groups (broad SMARTS) is 1. The van der Waals surface area contributed by atoms with E-state index >= 15 is 0 Å². The highest BCUT2D eigenvalue weighted by Gasteiger charge is 2.38. The largest absolute Gasteiger partial charge is 0.478 e. The summed E-state index contributed by atoms with van der Waals surface area (Å²) in [5, 5.41) is 11.7. The number of piperidine rings is 1. The van der Waals surface area contributed by atoms with E-state index in [0.717, 1.165) is 17.3 Å². The van der Waals surface area contributed by atoms with Crippen LogP contribution in [0.3, 0.4) is 0 Å². The Kier molecular flexibility index (Phi) is 10.1. The average Bonchev–Trinajstić information content (AvgIpc) is 3.11. The van der Waals surface area contributed by atoms with Gasteiger partial charge in [-0.25, -0.2) is 19.4 Å². The molecule has 2 fully saturated rings. The van der Waals surface area contributed by atoms with Gasteiger partial charge >= 0.3 is 24.3 Å². The Labute approximate surface area is 295 Å². The molecule has 0 saturated carbocycles. The van der Waals surface area contributed by atoms with Crippen molar-refractivity contribution in [2.24, 2.45) is 0 Å². The number of alkyl halides is 3. The third-order valence-electron chi connectivity index (χ3n) is 9.37. The Hall–Kier alpha value is -5.25. The lowest BCUT2D eigenvalue weighted by Gasteiger charge is -2.40. The summed E-state index contributed by atoms with van der Waals surface area (Å²) < 4.78 is 47.1. The van der Waals surface area contributed by atoms with Crippen LogP contribution in [-0.2, 0) is 28.7 Å². The Bertz CT molecular complexity index is 1810. The molecule has 13 nitrogen and oxygen atoms in total. The quantitative estimate of drug-likeness (QED) is 0.286. The number of carbonyl (C=O) groups is 4. The number of rotatable bonds is 7. The number of carbonyl (C=O) groups excluding carboxylic acids is 3. The Morgan fingerprint density at radius 2 is 1.73 bits per heavy atom. The number of nitrogens with zero attached hydrogens (tertiary/aromatic N) is 5. The smallest absolute Gasteiger partial charge is 0.418 e. The van der Waals surface area contributed by atoms with E-state index in [1.54, 1.807) is 11.0 Å². The van der Waals surface area contributed by atoms with E-state index in [1.807, 2.05) is 29.2 Å². The molecular formula is C34H35ClF3N7O6. The van der Waals surface area contributed by atoms with Crippen molar-refractivity contribution >= 4 is 52.8 Å². The summed E-state index contributed by atoms with van der Waals surface area (Å²) in [4.78, 5) is 62.1. The number of urea groups is 1. The van der Waals surface area contributed by atoms with Gasteiger partial charge in [0.25, 0.3) is 5.91 Å². The van der Waals surface area contributed by atoms with Crippen molar-refractivity contribution in [1.29, 1.82) is 0 Å². The fourth-order valence-corrected chi connectivity index (χ4v) is 6.79. The van der Waals surface area contributed by atoms with Crippen molar-refractivity contribution in [3.05, 3.63) is 82.0 Å². The summed E-state index contributed by atoms with van der Waals surface area (Å²) in [6, 6.07) is 12.1. The topological polar surface area (TPSA) is 162 Å². The van der Waals surface area contributed by atoms with Crippen LogP contribution in [0.15, 0.2) is 54.7 Å². The van der Waals surface area contributed by atoms with E-state index in [0.29, 0.717) is 38.3 Å². The number of amides is 4. The van der Waals surface area contributed by atoms with Crippen LogP contribution in [0.25, 0.3) is 0 Å². The number of likely N-dealkylation sites (tertiary alicyclic amines) is 1. The van der Waals surface area contributed by atoms with Crippen LogP contribution in [0.4, 0.5) is 40.0 Å². The minimum atomic E-state index is -4.81. The second-order valence-corrected chi connectivity index (χ2v) is 13.0. The van der Waals surface area contributed by atoms with Gasteiger partial charge in [-0.2, -0.15) is 13.2 Å². The maximum Gasteiger partial charge on any atom is 0.418 e. The highest BCUT2D eigenvalue weighted by Crippen LogP contribution is 2.38. The van der Waals surface area contributed by atoms with Crippen LogP contribution in [0, 0.1) is 0 Å². The molecule has 1 atom stereocenters. The molecule has 4 heterocycles. The third-order valence-corrected chi connectivity index (χ3v) is 9.68. The fourth-order valence-electron chi connectivity index (χ4n) is 6.55. The van der Waals surface area contributed by atoms with Crippen molar-refractivity contribution in [3.63, 3.8) is 0 Å². The number of halogens is 4. The molecule has 2 aromatic carbocycles. The van der Waals surface area contributed by atoms with E-state index in [2.05, 4.69) is 10.3 Å². The molecule has 3 aliphatic rings. The van der Waals surface area contributed by atoms with Gasteiger partial charge in [0.2, 0.25) is 0 Å². The van der Waals surface area contributed by atoms with Gasteiger partial charge in [-0.3, -0.25) is 4.79 Å². The molecule has 3 aliphatic heterocycles. The molecule has 270 valence electrons. The van der Waals surface area contributed by atoms with Gasteiger partial charge in [-0.05, 0) is 54.3 Å². The van der Waals surface area contributed by atoms with E-state index < -0.39 is 47.9 Å². The summed E-state index contributed by atoms with van der Waals surface area (Å²) in [6.07, 6.45) is -5.36. The van der Waals surface area contributed by atoms with Crippen molar-refractivity contribution in [1.82, 2.24) is 19.7 Å². The first kappa shape index (κ1) is 35.6. The number of ether oxygens (including phenoxy) is 1. The number of nitrogens with one attached hydrogen (secondary N) is 1. The fraction of sp³-hybridized carbons (Fsp3) is 0.382. The highest BCUT2D eigenvalue weighted by atomic mass is 35.5. The molecule has 2 saturated heterocycles. The number of nitrogens with two attached hydrogens (primary N) is 1. The van der Waals surface area contributed by atoms with E-state index in [1.165, 1.54) is 28.1 Å². The number of para-hydroxylation sites is 1. The summed E-state index contributed by atoms with van der Waals surface area (Å²) in [5.41, 5.74) is 5.57. The van der Waals surface area contributed by atoms with Crippen LogP contribution in [0.2, 0.25) is 5.02 Å². The zero-order chi connectivity index (χ0) is 36.4. The van der Waals surface area contributed by atoms with Gasteiger partial charge in [0.05, 0.1) is 21.8 Å². The number of carboxylic acids is 1. The molecule has 0 bridgehead atoms. The summed E-state index contributed by atoms with van der Waals surface area (Å²) in [7, 11) is 0. The summed E-state index contributed by atoms with van der Waals surface area (Å²) in [6.45, 7) is 1.88. The SMILES string of the molecule is Nc1c(Cl)cc(C[C@@H](OC(=O)N2CCC(N3Cc4ccccc4NC3=O)CC2)C(=O)N2CCN(c3ccc(C(=O)O)cn3)CC2)cc1C(F)(F)F. The van der Waals surface area contributed by atoms with Crippen LogP contribution < -0.4 is 16.0 Å². The molecule has 3 aromatic rings. The maximum absolute atomic E-state index is 13.9. The number of anilines is 3. The minimum Gasteiger partial charge on any atom is -0.478 e. The van der Waals surface area contributed by atoms with E-state index in [9.17, 15) is 32.3 Å². The molecule has 0 unspecified atom stereocenters. The number of pyridine rings is 1. The van der Waals surface area contributed by atoms with Crippen molar-refractivity contribution in [2.45, 2.75) is 44.1 Å². The second kappa shape index (κ2) is 14.5. The molecule has 6 rings (SSSR count). The molecule has 4 N–H and O–H groups in total.